The number of carbonyl (C=O) groups excluding carboxylic acids is 1. The van der Waals surface area contributed by atoms with Gasteiger partial charge in [-0.25, -0.2) is 0 Å². The van der Waals surface area contributed by atoms with Gasteiger partial charge in [-0.2, -0.15) is 0 Å². The molecule has 5 heteroatoms. The summed E-state index contributed by atoms with van der Waals surface area (Å²) in [5.74, 6) is 0.353. The third-order valence-electron chi connectivity index (χ3n) is 4.47. The maximum Gasteiger partial charge on any atom is 0.267 e. The van der Waals surface area contributed by atoms with Crippen molar-refractivity contribution in [1.82, 2.24) is 0 Å². The van der Waals surface area contributed by atoms with Gasteiger partial charge in [0.05, 0.1) is 6.61 Å². The Morgan fingerprint density at radius 2 is 1.45 bits per heavy atom. The average molecular weight is 410 g/mol. The van der Waals surface area contributed by atoms with Crippen molar-refractivity contribution in [1.29, 1.82) is 0 Å². The molecule has 0 bridgehead atoms. The van der Waals surface area contributed by atoms with Crippen LogP contribution >= 0.6 is 11.6 Å². The predicted octanol–water partition coefficient (Wildman–Crippen LogP) is 5.95. The summed E-state index contributed by atoms with van der Waals surface area (Å²) in [6, 6.07) is 22.9. The van der Waals surface area contributed by atoms with E-state index in [2.05, 4.69) is 17.4 Å². The molecule has 0 unspecified atom stereocenters. The highest BCUT2D eigenvalue weighted by molar-refractivity contribution is 6.30. The first-order valence-electron chi connectivity index (χ1n) is 9.32. The van der Waals surface area contributed by atoms with Gasteiger partial charge in [0.2, 0.25) is 0 Å². The third kappa shape index (κ3) is 5.59. The number of rotatable bonds is 7. The molecule has 0 aromatic heterocycles. The van der Waals surface area contributed by atoms with Gasteiger partial charge in [-0.1, -0.05) is 48.0 Å². The molecule has 150 valence electrons. The first-order chi connectivity index (χ1) is 13.9. The molecule has 0 heterocycles. The molecule has 0 aliphatic heterocycles. The van der Waals surface area contributed by atoms with Gasteiger partial charge in [0.1, 0.15) is 5.75 Å². The average Bonchev–Trinajstić information content (AvgIpc) is 2.71. The lowest BCUT2D eigenvalue weighted by Gasteiger charge is -2.25. The first kappa shape index (κ1) is 20.9. The molecule has 1 amide bonds. The Bertz CT molecular complexity index is 949. The minimum Gasteiger partial charge on any atom is -0.478 e. The summed E-state index contributed by atoms with van der Waals surface area (Å²) in [7, 11) is 1.68. The van der Waals surface area contributed by atoms with Crippen molar-refractivity contribution in [3.63, 3.8) is 0 Å². The Morgan fingerprint density at radius 3 is 2.00 bits per heavy atom. The van der Waals surface area contributed by atoms with Crippen molar-refractivity contribution >= 4 is 23.2 Å². The highest BCUT2D eigenvalue weighted by Gasteiger charge is 2.30. The number of nitrogens with one attached hydrogen (secondary N) is 1. The quantitative estimate of drug-likeness (QED) is 0.524. The van der Waals surface area contributed by atoms with E-state index in [4.69, 9.17) is 21.1 Å². The van der Waals surface area contributed by atoms with Crippen LogP contribution in [-0.2, 0) is 16.1 Å². The zero-order valence-electron chi connectivity index (χ0n) is 16.7. The summed E-state index contributed by atoms with van der Waals surface area (Å²) in [6.07, 6.45) is 0. The van der Waals surface area contributed by atoms with E-state index in [0.29, 0.717) is 23.1 Å². The monoisotopic (exact) mass is 409 g/mol. The normalized spacial score (nSPS) is 11.2. The number of hydrogen-bond donors (Lipinski definition) is 1. The number of anilines is 1. The smallest absolute Gasteiger partial charge is 0.267 e. The van der Waals surface area contributed by atoms with Crippen LogP contribution in [0.1, 0.15) is 19.4 Å². The molecule has 0 spiro atoms. The number of ether oxygens (including phenoxy) is 2. The minimum atomic E-state index is -1.04. The SMILES string of the molecule is COCc1ccc(-c2ccc(NC(=O)C(C)(C)Oc3ccc(Cl)cc3)cc2)cc1. The maximum atomic E-state index is 12.7. The number of hydrogen-bond acceptors (Lipinski definition) is 3. The lowest BCUT2D eigenvalue weighted by Crippen LogP contribution is -2.42. The van der Waals surface area contributed by atoms with Gasteiger partial charge < -0.3 is 14.8 Å². The zero-order chi connectivity index (χ0) is 20.9. The molecule has 29 heavy (non-hydrogen) atoms. The van der Waals surface area contributed by atoms with Gasteiger partial charge in [0, 0.05) is 17.8 Å². The van der Waals surface area contributed by atoms with Crippen LogP contribution in [0.25, 0.3) is 11.1 Å². The lowest BCUT2D eigenvalue weighted by molar-refractivity contribution is -0.128. The molecule has 4 nitrogen and oxygen atoms in total. The van der Waals surface area contributed by atoms with Crippen LogP contribution in [0.4, 0.5) is 5.69 Å². The summed E-state index contributed by atoms with van der Waals surface area (Å²) in [5.41, 5.74) is 2.98. The molecule has 3 aromatic rings. The van der Waals surface area contributed by atoms with Crippen LogP contribution in [0.15, 0.2) is 72.8 Å². The molecule has 0 saturated heterocycles. The standard InChI is InChI=1S/C24H24ClNO3/c1-24(2,29-22-14-10-20(25)11-15-22)23(27)26-21-12-8-19(9-13-21)18-6-4-17(5-7-18)16-28-3/h4-15H,16H2,1-3H3,(H,26,27). The largest absolute Gasteiger partial charge is 0.478 e. The Hall–Kier alpha value is -2.82. The second-order valence-electron chi connectivity index (χ2n) is 7.23. The highest BCUT2D eigenvalue weighted by Crippen LogP contribution is 2.24. The second-order valence-corrected chi connectivity index (χ2v) is 7.66. The number of carbonyl (C=O) groups is 1. The third-order valence-corrected chi connectivity index (χ3v) is 4.73. The fraction of sp³-hybridized carbons (Fsp3) is 0.208. The lowest BCUT2D eigenvalue weighted by atomic mass is 10.0. The first-order valence-corrected chi connectivity index (χ1v) is 9.69. The number of amides is 1. The number of benzene rings is 3. The van der Waals surface area contributed by atoms with Crippen molar-refractivity contribution in [3.05, 3.63) is 83.4 Å². The number of halogens is 1. The molecule has 0 fully saturated rings. The Morgan fingerprint density at radius 1 is 0.897 bits per heavy atom. The van der Waals surface area contributed by atoms with E-state index in [9.17, 15) is 4.79 Å². The van der Waals surface area contributed by atoms with Crippen LogP contribution in [0.2, 0.25) is 5.02 Å². The van der Waals surface area contributed by atoms with Gasteiger partial charge >= 0.3 is 0 Å². The second kappa shape index (κ2) is 9.12. The van der Waals surface area contributed by atoms with Crippen molar-refractivity contribution in [2.75, 3.05) is 12.4 Å². The Balaban J connectivity index is 1.65. The molecule has 0 aliphatic rings. The van der Waals surface area contributed by atoms with Crippen molar-refractivity contribution in [2.45, 2.75) is 26.1 Å². The van der Waals surface area contributed by atoms with Crippen molar-refractivity contribution < 1.29 is 14.3 Å². The Labute approximate surface area is 176 Å². The van der Waals surface area contributed by atoms with Crippen LogP contribution < -0.4 is 10.1 Å². The van der Waals surface area contributed by atoms with Crippen LogP contribution in [-0.4, -0.2) is 18.6 Å². The Kier molecular flexibility index (Phi) is 6.57. The van der Waals surface area contributed by atoms with Crippen molar-refractivity contribution in [2.24, 2.45) is 0 Å². The van der Waals surface area contributed by atoms with E-state index in [0.717, 1.165) is 16.7 Å². The van der Waals surface area contributed by atoms with Crippen LogP contribution in [0, 0.1) is 0 Å². The van der Waals surface area contributed by atoms with Gasteiger partial charge in [0.15, 0.2) is 5.60 Å². The molecule has 0 aliphatic carbocycles. The van der Waals surface area contributed by atoms with E-state index >= 15 is 0 Å². The van der Waals surface area contributed by atoms with E-state index in [1.54, 1.807) is 45.2 Å². The summed E-state index contributed by atoms with van der Waals surface area (Å²) >= 11 is 5.89. The fourth-order valence-corrected chi connectivity index (χ4v) is 2.96. The van der Waals surface area contributed by atoms with E-state index < -0.39 is 5.60 Å². The molecule has 1 N–H and O–H groups in total. The summed E-state index contributed by atoms with van der Waals surface area (Å²) < 4.78 is 11.0. The molecule has 3 aromatic carbocycles. The van der Waals surface area contributed by atoms with Gasteiger partial charge in [-0.3, -0.25) is 4.79 Å². The fourth-order valence-electron chi connectivity index (χ4n) is 2.83. The van der Waals surface area contributed by atoms with Crippen LogP contribution in [0.5, 0.6) is 5.75 Å². The number of methoxy groups -OCH3 is 1. The maximum absolute atomic E-state index is 12.7. The van der Waals surface area contributed by atoms with Crippen molar-refractivity contribution in [3.8, 4) is 16.9 Å². The van der Waals surface area contributed by atoms with Crippen LogP contribution in [0.3, 0.4) is 0 Å². The van der Waals surface area contributed by atoms with Gasteiger partial charge in [0.25, 0.3) is 5.91 Å². The molecule has 0 radical (unpaired) electrons. The van der Waals surface area contributed by atoms with Gasteiger partial charge in [-0.15, -0.1) is 0 Å². The summed E-state index contributed by atoms with van der Waals surface area (Å²) in [5, 5.41) is 3.53. The minimum absolute atomic E-state index is 0.232. The zero-order valence-corrected chi connectivity index (χ0v) is 17.5. The van der Waals surface area contributed by atoms with E-state index in [-0.39, 0.29) is 5.91 Å². The molecule has 3 rings (SSSR count). The predicted molar refractivity (Wildman–Crippen MR) is 117 cm³/mol. The van der Waals surface area contributed by atoms with Gasteiger partial charge in [-0.05, 0) is 66.9 Å². The molecule has 0 atom stereocenters. The topological polar surface area (TPSA) is 47.6 Å². The summed E-state index contributed by atoms with van der Waals surface area (Å²) in [4.78, 5) is 12.7. The molecular weight excluding hydrogens is 386 g/mol. The molecular formula is C24H24ClNO3. The molecule has 0 saturated carbocycles. The van der Waals surface area contributed by atoms with E-state index in [1.807, 2.05) is 36.4 Å². The van der Waals surface area contributed by atoms with E-state index in [1.165, 1.54) is 0 Å². The highest BCUT2D eigenvalue weighted by atomic mass is 35.5. The summed E-state index contributed by atoms with van der Waals surface area (Å²) in [6.45, 7) is 4.05.